The monoisotopic (exact) mass is 324 g/mol. The van der Waals surface area contributed by atoms with Gasteiger partial charge in [0.2, 0.25) is 5.28 Å². The average molecular weight is 325 g/mol. The lowest BCUT2D eigenvalue weighted by Gasteiger charge is -2.10. The second kappa shape index (κ2) is 5.46. The van der Waals surface area contributed by atoms with E-state index < -0.39 is 6.36 Å². The maximum absolute atomic E-state index is 12.2. The number of rotatable bonds is 2. The number of para-hydroxylation sites is 1. The number of nitrogens with zero attached hydrogens (tertiary/aromatic N) is 2. The van der Waals surface area contributed by atoms with Crippen LogP contribution < -0.4 is 4.74 Å². The van der Waals surface area contributed by atoms with Crippen LogP contribution in [0.4, 0.5) is 13.2 Å². The van der Waals surface area contributed by atoms with Crippen molar-refractivity contribution < 1.29 is 17.9 Å². The number of ether oxygens (including phenoxy) is 1. The molecule has 0 aliphatic heterocycles. The topological polar surface area (TPSA) is 35.0 Å². The Bertz CT molecular complexity index is 819. The van der Waals surface area contributed by atoms with Crippen LogP contribution in [0.15, 0.2) is 48.5 Å². The Hall–Kier alpha value is -2.34. The predicted octanol–water partition coefficient (Wildman–Crippen LogP) is 4.85. The summed E-state index contributed by atoms with van der Waals surface area (Å²) in [6.07, 6.45) is -4.72. The van der Waals surface area contributed by atoms with E-state index in [0.717, 1.165) is 5.39 Å². The molecule has 0 fully saturated rings. The summed E-state index contributed by atoms with van der Waals surface area (Å²) in [5, 5.41) is 0.834. The van der Waals surface area contributed by atoms with Crippen molar-refractivity contribution in [1.29, 1.82) is 0 Å². The average Bonchev–Trinajstić information content (AvgIpc) is 2.45. The number of alkyl halides is 3. The maximum Gasteiger partial charge on any atom is 0.573 e. The highest BCUT2D eigenvalue weighted by molar-refractivity contribution is 6.28. The van der Waals surface area contributed by atoms with Crippen LogP contribution in [0.1, 0.15) is 0 Å². The lowest BCUT2D eigenvalue weighted by atomic mass is 10.1. The minimum Gasteiger partial charge on any atom is -0.406 e. The van der Waals surface area contributed by atoms with Crippen LogP contribution in [0, 0.1) is 0 Å². The Labute approximate surface area is 128 Å². The van der Waals surface area contributed by atoms with Gasteiger partial charge in [0, 0.05) is 10.9 Å². The van der Waals surface area contributed by atoms with Gasteiger partial charge in [-0.25, -0.2) is 9.97 Å². The summed E-state index contributed by atoms with van der Waals surface area (Å²) < 4.78 is 40.3. The first-order valence-electron chi connectivity index (χ1n) is 6.21. The van der Waals surface area contributed by atoms with Crippen molar-refractivity contribution in [3.05, 3.63) is 53.8 Å². The quantitative estimate of drug-likeness (QED) is 0.632. The third kappa shape index (κ3) is 3.12. The molecule has 0 amide bonds. The summed E-state index contributed by atoms with van der Waals surface area (Å²) in [5.41, 5.74) is 1.83. The smallest absolute Gasteiger partial charge is 0.406 e. The largest absolute Gasteiger partial charge is 0.573 e. The molecule has 0 bridgehead atoms. The lowest BCUT2D eigenvalue weighted by Crippen LogP contribution is -2.16. The van der Waals surface area contributed by atoms with Gasteiger partial charge in [-0.05, 0) is 41.9 Å². The SMILES string of the molecule is FC(F)(F)Oc1ccc(-c2nc(Cl)nc3ccccc23)cc1. The molecule has 1 heterocycles. The van der Waals surface area contributed by atoms with Crippen molar-refractivity contribution in [3.8, 4) is 17.0 Å². The molecule has 0 unspecified atom stereocenters. The molecule has 2 aromatic carbocycles. The molecule has 0 saturated carbocycles. The van der Waals surface area contributed by atoms with Crippen LogP contribution in [0.25, 0.3) is 22.2 Å². The van der Waals surface area contributed by atoms with Crippen LogP contribution in [0.2, 0.25) is 5.28 Å². The fourth-order valence-corrected chi connectivity index (χ4v) is 2.26. The lowest BCUT2D eigenvalue weighted by molar-refractivity contribution is -0.274. The third-order valence-electron chi connectivity index (χ3n) is 2.94. The van der Waals surface area contributed by atoms with E-state index in [-0.39, 0.29) is 11.0 Å². The van der Waals surface area contributed by atoms with E-state index in [1.807, 2.05) is 18.2 Å². The Morgan fingerprint density at radius 1 is 0.909 bits per heavy atom. The standard InChI is InChI=1S/C15H8ClF3N2O/c16-14-20-12-4-2-1-3-11(12)13(21-14)9-5-7-10(8-6-9)22-15(17,18)19/h1-8H. The zero-order chi connectivity index (χ0) is 15.7. The first-order valence-corrected chi connectivity index (χ1v) is 6.59. The fraction of sp³-hybridized carbons (Fsp3) is 0.0667. The van der Waals surface area contributed by atoms with Crippen molar-refractivity contribution in [2.45, 2.75) is 6.36 Å². The number of benzene rings is 2. The molecule has 0 radical (unpaired) electrons. The van der Waals surface area contributed by atoms with Gasteiger partial charge >= 0.3 is 6.36 Å². The molecule has 3 aromatic rings. The second-order valence-electron chi connectivity index (χ2n) is 4.43. The van der Waals surface area contributed by atoms with Crippen molar-refractivity contribution in [3.63, 3.8) is 0 Å². The number of fused-ring (bicyclic) bond motifs is 1. The van der Waals surface area contributed by atoms with Gasteiger partial charge in [0.25, 0.3) is 0 Å². The molecular weight excluding hydrogens is 317 g/mol. The minimum atomic E-state index is -4.72. The van der Waals surface area contributed by atoms with E-state index in [1.54, 1.807) is 6.07 Å². The highest BCUT2D eigenvalue weighted by atomic mass is 35.5. The summed E-state index contributed by atoms with van der Waals surface area (Å²) >= 11 is 5.90. The van der Waals surface area contributed by atoms with E-state index in [4.69, 9.17) is 11.6 Å². The third-order valence-corrected chi connectivity index (χ3v) is 3.11. The minimum absolute atomic E-state index is 0.0734. The van der Waals surface area contributed by atoms with Gasteiger partial charge in [-0.1, -0.05) is 18.2 Å². The molecule has 3 rings (SSSR count). The van der Waals surface area contributed by atoms with Gasteiger partial charge < -0.3 is 4.74 Å². The molecule has 0 aliphatic rings. The highest BCUT2D eigenvalue weighted by Crippen LogP contribution is 2.30. The van der Waals surface area contributed by atoms with Gasteiger partial charge in [0.05, 0.1) is 11.2 Å². The van der Waals surface area contributed by atoms with E-state index in [2.05, 4.69) is 14.7 Å². The van der Waals surface area contributed by atoms with Gasteiger partial charge in [0.15, 0.2) is 0 Å². The first-order chi connectivity index (χ1) is 10.4. The van der Waals surface area contributed by atoms with Crippen LogP contribution in [0.3, 0.4) is 0 Å². The Morgan fingerprint density at radius 3 is 2.27 bits per heavy atom. The Kier molecular flexibility index (Phi) is 3.62. The molecule has 112 valence electrons. The van der Waals surface area contributed by atoms with Gasteiger partial charge in [-0.15, -0.1) is 13.2 Å². The zero-order valence-electron chi connectivity index (χ0n) is 10.9. The fourth-order valence-electron chi connectivity index (χ4n) is 2.08. The molecule has 0 spiro atoms. The molecule has 22 heavy (non-hydrogen) atoms. The second-order valence-corrected chi connectivity index (χ2v) is 4.77. The molecular formula is C15H8ClF3N2O. The Morgan fingerprint density at radius 2 is 1.59 bits per heavy atom. The summed E-state index contributed by atoms with van der Waals surface area (Å²) in [6, 6.07) is 12.7. The molecule has 0 atom stereocenters. The molecule has 1 aromatic heterocycles. The molecule has 7 heteroatoms. The van der Waals surface area contributed by atoms with E-state index >= 15 is 0 Å². The van der Waals surface area contributed by atoms with Crippen molar-refractivity contribution in [2.24, 2.45) is 0 Å². The number of hydrogen-bond acceptors (Lipinski definition) is 3. The molecule has 0 saturated heterocycles. The van der Waals surface area contributed by atoms with Crippen LogP contribution in [-0.2, 0) is 0 Å². The van der Waals surface area contributed by atoms with E-state index in [1.165, 1.54) is 24.3 Å². The van der Waals surface area contributed by atoms with Crippen LogP contribution in [-0.4, -0.2) is 16.3 Å². The predicted molar refractivity (Wildman–Crippen MR) is 76.7 cm³/mol. The first kappa shape index (κ1) is 14.6. The summed E-state index contributed by atoms with van der Waals surface area (Å²) in [5.74, 6) is -0.291. The van der Waals surface area contributed by atoms with Crippen LogP contribution in [0.5, 0.6) is 5.75 Å². The van der Waals surface area contributed by atoms with Crippen molar-refractivity contribution in [2.75, 3.05) is 0 Å². The van der Waals surface area contributed by atoms with Gasteiger partial charge in [0.1, 0.15) is 5.75 Å². The molecule has 3 nitrogen and oxygen atoms in total. The van der Waals surface area contributed by atoms with Crippen molar-refractivity contribution in [1.82, 2.24) is 9.97 Å². The summed E-state index contributed by atoms with van der Waals surface area (Å²) in [6.45, 7) is 0. The van der Waals surface area contributed by atoms with E-state index in [9.17, 15) is 13.2 Å². The normalized spacial score (nSPS) is 11.6. The Balaban J connectivity index is 2.04. The number of aromatic nitrogens is 2. The summed E-state index contributed by atoms with van der Waals surface area (Å²) in [7, 11) is 0. The highest BCUT2D eigenvalue weighted by Gasteiger charge is 2.31. The van der Waals surface area contributed by atoms with Gasteiger partial charge in [-0.3, -0.25) is 0 Å². The number of halogens is 4. The maximum atomic E-state index is 12.2. The number of hydrogen-bond donors (Lipinski definition) is 0. The summed E-state index contributed by atoms with van der Waals surface area (Å²) in [4.78, 5) is 8.28. The zero-order valence-corrected chi connectivity index (χ0v) is 11.7. The van der Waals surface area contributed by atoms with Crippen molar-refractivity contribution >= 4 is 22.5 Å². The van der Waals surface area contributed by atoms with Gasteiger partial charge in [-0.2, -0.15) is 0 Å². The van der Waals surface area contributed by atoms with Crippen LogP contribution >= 0.6 is 11.6 Å². The van der Waals surface area contributed by atoms with E-state index in [0.29, 0.717) is 16.8 Å². The molecule has 0 N–H and O–H groups in total. The molecule has 0 aliphatic carbocycles.